The summed E-state index contributed by atoms with van der Waals surface area (Å²) < 4.78 is 17.6. The van der Waals surface area contributed by atoms with Crippen molar-refractivity contribution in [3.63, 3.8) is 0 Å². The Morgan fingerprint density at radius 1 is 1.39 bits per heavy atom. The minimum atomic E-state index is -0.761. The van der Waals surface area contributed by atoms with E-state index in [0.29, 0.717) is 13.0 Å². The van der Waals surface area contributed by atoms with Crippen molar-refractivity contribution < 1.29 is 19.0 Å². The second kappa shape index (κ2) is 5.46. The Morgan fingerprint density at radius 2 is 2.06 bits per heavy atom. The lowest BCUT2D eigenvalue weighted by atomic mass is 9.86. The fourth-order valence-corrected chi connectivity index (χ4v) is 1.80. The lowest BCUT2D eigenvalue weighted by molar-refractivity contribution is -0.169. The van der Waals surface area contributed by atoms with E-state index in [1.54, 1.807) is 12.1 Å². The molecule has 0 aromatic heterocycles. The highest BCUT2D eigenvalue weighted by Gasteiger charge is 2.45. The van der Waals surface area contributed by atoms with Crippen LogP contribution in [0.5, 0.6) is 0 Å². The van der Waals surface area contributed by atoms with Crippen LogP contribution < -0.4 is 5.32 Å². The molecule has 0 unspecified atom stereocenters. The number of amides is 1. The van der Waals surface area contributed by atoms with E-state index in [-0.39, 0.29) is 31.5 Å². The molecule has 2 rings (SSSR count). The fraction of sp³-hybridized carbons (Fsp3) is 0.462. The van der Waals surface area contributed by atoms with Gasteiger partial charge in [-0.05, 0) is 24.1 Å². The highest BCUT2D eigenvalue weighted by Crippen LogP contribution is 2.26. The van der Waals surface area contributed by atoms with Gasteiger partial charge in [0.2, 0.25) is 5.91 Å². The predicted molar refractivity (Wildman–Crippen MR) is 63.5 cm³/mol. The van der Waals surface area contributed by atoms with Gasteiger partial charge in [0.25, 0.3) is 0 Å². The average Bonchev–Trinajstić information content (AvgIpc) is 2.31. The Bertz CT molecular complexity index is 409. The molecule has 1 aromatic rings. The maximum Gasteiger partial charge on any atom is 0.233 e. The number of halogens is 1. The van der Waals surface area contributed by atoms with Crippen molar-refractivity contribution in [1.29, 1.82) is 0 Å². The second-order valence-electron chi connectivity index (χ2n) is 4.56. The number of hydrogen-bond donors (Lipinski definition) is 2. The Labute approximate surface area is 105 Å². The van der Waals surface area contributed by atoms with Crippen LogP contribution in [0, 0.1) is 11.2 Å². The number of benzene rings is 1. The van der Waals surface area contributed by atoms with E-state index in [2.05, 4.69) is 5.32 Å². The molecule has 1 aromatic carbocycles. The van der Waals surface area contributed by atoms with Gasteiger partial charge in [-0.25, -0.2) is 4.39 Å². The summed E-state index contributed by atoms with van der Waals surface area (Å²) in [4.78, 5) is 11.8. The van der Waals surface area contributed by atoms with Crippen molar-refractivity contribution in [2.24, 2.45) is 5.41 Å². The molecule has 1 amide bonds. The maximum atomic E-state index is 12.7. The predicted octanol–water partition coefficient (Wildman–Crippen LogP) is 0.493. The molecule has 1 aliphatic heterocycles. The minimum absolute atomic E-state index is 0.182. The Balaban J connectivity index is 1.78. The molecule has 18 heavy (non-hydrogen) atoms. The number of ether oxygens (including phenoxy) is 1. The SMILES string of the molecule is O=C(NCCc1ccc(F)cc1)C1(CO)COC1. The molecule has 1 fully saturated rings. The summed E-state index contributed by atoms with van der Waals surface area (Å²) in [6.45, 7) is 0.805. The molecule has 0 saturated carbocycles. The summed E-state index contributed by atoms with van der Waals surface area (Å²) in [7, 11) is 0. The monoisotopic (exact) mass is 253 g/mol. The molecular weight excluding hydrogens is 237 g/mol. The lowest BCUT2D eigenvalue weighted by Crippen LogP contribution is -2.56. The molecule has 0 aliphatic carbocycles. The molecule has 0 atom stereocenters. The first-order chi connectivity index (χ1) is 8.66. The molecule has 1 heterocycles. The van der Waals surface area contributed by atoms with Crippen LogP contribution in [0.4, 0.5) is 4.39 Å². The number of aliphatic hydroxyl groups is 1. The summed E-state index contributed by atoms with van der Waals surface area (Å²) in [6, 6.07) is 6.17. The van der Waals surface area contributed by atoms with Crippen LogP contribution in [0.15, 0.2) is 24.3 Å². The van der Waals surface area contributed by atoms with E-state index >= 15 is 0 Å². The summed E-state index contributed by atoms with van der Waals surface area (Å²) in [6.07, 6.45) is 0.633. The largest absolute Gasteiger partial charge is 0.395 e. The molecule has 1 saturated heterocycles. The zero-order valence-electron chi connectivity index (χ0n) is 9.99. The van der Waals surface area contributed by atoms with Crippen molar-refractivity contribution in [2.45, 2.75) is 6.42 Å². The third-order valence-corrected chi connectivity index (χ3v) is 3.15. The van der Waals surface area contributed by atoms with Gasteiger partial charge in [-0.15, -0.1) is 0 Å². The summed E-state index contributed by atoms with van der Waals surface area (Å²) in [5.74, 6) is -0.452. The molecule has 98 valence electrons. The van der Waals surface area contributed by atoms with Gasteiger partial charge in [0.15, 0.2) is 0 Å². The van der Waals surface area contributed by atoms with Crippen LogP contribution in [-0.2, 0) is 16.0 Å². The number of aliphatic hydroxyl groups excluding tert-OH is 1. The standard InChI is InChI=1S/C13H16FNO3/c14-11-3-1-10(2-4-11)5-6-15-12(17)13(7-16)8-18-9-13/h1-4,16H,5-9H2,(H,15,17). The van der Waals surface area contributed by atoms with Gasteiger partial charge in [0, 0.05) is 6.54 Å². The van der Waals surface area contributed by atoms with E-state index in [1.165, 1.54) is 12.1 Å². The molecule has 0 bridgehead atoms. The number of hydrogen-bond acceptors (Lipinski definition) is 3. The van der Waals surface area contributed by atoms with Crippen molar-refractivity contribution in [2.75, 3.05) is 26.4 Å². The fourth-order valence-electron chi connectivity index (χ4n) is 1.80. The average molecular weight is 253 g/mol. The van der Waals surface area contributed by atoms with Gasteiger partial charge in [-0.2, -0.15) is 0 Å². The van der Waals surface area contributed by atoms with Crippen molar-refractivity contribution in [3.8, 4) is 0 Å². The second-order valence-corrected chi connectivity index (χ2v) is 4.56. The van der Waals surface area contributed by atoms with Gasteiger partial charge in [0.1, 0.15) is 11.2 Å². The quantitative estimate of drug-likeness (QED) is 0.803. The zero-order valence-corrected chi connectivity index (χ0v) is 9.99. The zero-order chi connectivity index (χ0) is 13.0. The summed E-state index contributed by atoms with van der Waals surface area (Å²) >= 11 is 0. The molecule has 1 aliphatic rings. The minimum Gasteiger partial charge on any atom is -0.395 e. The highest BCUT2D eigenvalue weighted by molar-refractivity contribution is 5.83. The van der Waals surface area contributed by atoms with Gasteiger partial charge < -0.3 is 15.2 Å². The number of rotatable bonds is 5. The Morgan fingerprint density at radius 3 is 2.56 bits per heavy atom. The molecule has 4 nitrogen and oxygen atoms in total. The molecule has 0 radical (unpaired) electrons. The van der Waals surface area contributed by atoms with Crippen molar-refractivity contribution >= 4 is 5.91 Å². The van der Waals surface area contributed by atoms with Gasteiger partial charge in [-0.3, -0.25) is 4.79 Å². The third-order valence-electron chi connectivity index (χ3n) is 3.15. The van der Waals surface area contributed by atoms with E-state index in [1.807, 2.05) is 0 Å². The van der Waals surface area contributed by atoms with Gasteiger partial charge in [0.05, 0.1) is 19.8 Å². The van der Waals surface area contributed by atoms with Crippen LogP contribution in [0.3, 0.4) is 0 Å². The van der Waals surface area contributed by atoms with Gasteiger partial charge >= 0.3 is 0 Å². The molecular formula is C13H16FNO3. The highest BCUT2D eigenvalue weighted by atomic mass is 19.1. The number of carbonyl (C=O) groups excluding carboxylic acids is 1. The molecule has 5 heteroatoms. The normalized spacial score (nSPS) is 17.0. The lowest BCUT2D eigenvalue weighted by Gasteiger charge is -2.38. The van der Waals surface area contributed by atoms with Crippen LogP contribution in [-0.4, -0.2) is 37.4 Å². The summed E-state index contributed by atoms with van der Waals surface area (Å²) in [5, 5.41) is 11.9. The first-order valence-electron chi connectivity index (χ1n) is 5.88. The molecule has 2 N–H and O–H groups in total. The van der Waals surface area contributed by atoms with E-state index < -0.39 is 5.41 Å². The number of carbonyl (C=O) groups is 1. The molecule has 0 spiro atoms. The van der Waals surface area contributed by atoms with E-state index in [0.717, 1.165) is 5.56 Å². The Hall–Kier alpha value is -1.46. The van der Waals surface area contributed by atoms with Crippen LogP contribution in [0.25, 0.3) is 0 Å². The first-order valence-corrected chi connectivity index (χ1v) is 5.88. The van der Waals surface area contributed by atoms with Gasteiger partial charge in [-0.1, -0.05) is 12.1 Å². The number of nitrogens with one attached hydrogen (secondary N) is 1. The van der Waals surface area contributed by atoms with E-state index in [4.69, 9.17) is 4.74 Å². The smallest absolute Gasteiger partial charge is 0.233 e. The topological polar surface area (TPSA) is 58.6 Å². The van der Waals surface area contributed by atoms with E-state index in [9.17, 15) is 14.3 Å². The first kappa shape index (κ1) is 13.0. The Kier molecular flexibility index (Phi) is 3.93. The van der Waals surface area contributed by atoms with Crippen LogP contribution in [0.1, 0.15) is 5.56 Å². The third kappa shape index (κ3) is 2.68. The van der Waals surface area contributed by atoms with Crippen molar-refractivity contribution in [3.05, 3.63) is 35.6 Å². The van der Waals surface area contributed by atoms with Crippen LogP contribution in [0.2, 0.25) is 0 Å². The summed E-state index contributed by atoms with van der Waals surface area (Å²) in [5.41, 5.74) is 0.197. The maximum absolute atomic E-state index is 12.7. The van der Waals surface area contributed by atoms with Crippen molar-refractivity contribution in [1.82, 2.24) is 5.32 Å². The van der Waals surface area contributed by atoms with Crippen LogP contribution >= 0.6 is 0 Å².